The summed E-state index contributed by atoms with van der Waals surface area (Å²) in [5.74, 6) is -0.0227. The third-order valence-corrected chi connectivity index (χ3v) is 4.95. The number of carbonyl (C=O) groups excluding carboxylic acids is 1. The van der Waals surface area contributed by atoms with E-state index in [0.29, 0.717) is 0 Å². The number of nitrogens with zero attached hydrogens (tertiary/aromatic N) is 1. The van der Waals surface area contributed by atoms with Crippen LogP contribution in [-0.2, 0) is 9.53 Å². The molecule has 1 rings (SSSR count). The number of ether oxygens (including phenoxy) is 1. The molecule has 3 heteroatoms. The fourth-order valence-corrected chi connectivity index (χ4v) is 3.68. The quantitative estimate of drug-likeness (QED) is 0.681. The van der Waals surface area contributed by atoms with Gasteiger partial charge in [-0.3, -0.25) is 9.69 Å². The Labute approximate surface area is 131 Å². The minimum Gasteiger partial charge on any atom is -0.462 e. The molecular formula is C18H35NO2. The van der Waals surface area contributed by atoms with E-state index in [9.17, 15) is 4.79 Å². The van der Waals surface area contributed by atoms with Gasteiger partial charge in [-0.1, -0.05) is 27.2 Å². The van der Waals surface area contributed by atoms with Gasteiger partial charge in [-0.05, 0) is 47.1 Å². The number of rotatable bonds is 6. The van der Waals surface area contributed by atoms with Crippen LogP contribution in [0.5, 0.6) is 0 Å². The zero-order valence-electron chi connectivity index (χ0n) is 15.2. The molecule has 0 spiro atoms. The molecule has 1 saturated heterocycles. The summed E-state index contributed by atoms with van der Waals surface area (Å²) in [7, 11) is 0. The molecule has 1 aliphatic rings. The Morgan fingerprint density at radius 3 is 2.14 bits per heavy atom. The van der Waals surface area contributed by atoms with Crippen LogP contribution in [0.4, 0.5) is 0 Å². The van der Waals surface area contributed by atoms with E-state index in [0.717, 1.165) is 25.8 Å². The first-order chi connectivity index (χ1) is 9.64. The van der Waals surface area contributed by atoms with E-state index in [1.54, 1.807) is 0 Å². The number of hydrogen-bond donors (Lipinski definition) is 0. The summed E-state index contributed by atoms with van der Waals surface area (Å²) < 4.78 is 5.80. The third-order valence-electron chi connectivity index (χ3n) is 4.95. The molecule has 1 heterocycles. The topological polar surface area (TPSA) is 29.5 Å². The molecule has 0 aromatic carbocycles. The van der Waals surface area contributed by atoms with Gasteiger partial charge in [0.2, 0.25) is 0 Å². The van der Waals surface area contributed by atoms with E-state index in [1.165, 1.54) is 12.8 Å². The fraction of sp³-hybridized carbons (Fsp3) is 0.944. The molecule has 21 heavy (non-hydrogen) atoms. The molecule has 0 bridgehead atoms. The molecule has 0 saturated carbocycles. The van der Waals surface area contributed by atoms with Crippen molar-refractivity contribution in [1.29, 1.82) is 0 Å². The number of piperidine rings is 1. The number of hydrogen-bond acceptors (Lipinski definition) is 3. The highest BCUT2D eigenvalue weighted by Crippen LogP contribution is 2.39. The van der Waals surface area contributed by atoms with Crippen molar-refractivity contribution in [3.63, 3.8) is 0 Å². The number of carbonyl (C=O) groups is 1. The largest absolute Gasteiger partial charge is 0.462 e. The zero-order chi connectivity index (χ0) is 16.3. The van der Waals surface area contributed by atoms with Crippen molar-refractivity contribution in [2.45, 2.75) is 97.8 Å². The monoisotopic (exact) mass is 297 g/mol. The molecule has 0 amide bonds. The Morgan fingerprint density at radius 1 is 1.19 bits per heavy atom. The predicted molar refractivity (Wildman–Crippen MR) is 88.3 cm³/mol. The van der Waals surface area contributed by atoms with Crippen LogP contribution < -0.4 is 0 Å². The molecule has 124 valence electrons. The summed E-state index contributed by atoms with van der Waals surface area (Å²) >= 11 is 0. The number of esters is 1. The minimum atomic E-state index is -0.0314. The summed E-state index contributed by atoms with van der Waals surface area (Å²) in [5.41, 5.74) is 0.161. The van der Waals surface area contributed by atoms with Crippen molar-refractivity contribution >= 4 is 5.97 Å². The average molecular weight is 297 g/mol. The first kappa shape index (κ1) is 18.5. The van der Waals surface area contributed by atoms with Crippen LogP contribution >= 0.6 is 0 Å². The van der Waals surface area contributed by atoms with E-state index >= 15 is 0 Å². The normalized spacial score (nSPS) is 23.8. The van der Waals surface area contributed by atoms with Gasteiger partial charge in [-0.2, -0.15) is 0 Å². The van der Waals surface area contributed by atoms with Gasteiger partial charge in [-0.25, -0.2) is 0 Å². The van der Waals surface area contributed by atoms with Crippen LogP contribution in [-0.4, -0.2) is 34.6 Å². The zero-order valence-corrected chi connectivity index (χ0v) is 15.2. The molecular weight excluding hydrogens is 262 g/mol. The summed E-state index contributed by atoms with van der Waals surface area (Å²) in [5, 5.41) is 0. The van der Waals surface area contributed by atoms with Crippen LogP contribution in [0.2, 0.25) is 0 Å². The van der Waals surface area contributed by atoms with E-state index in [2.05, 4.69) is 39.5 Å². The standard InChI is InChI=1S/C18H35NO2/c1-8-10-11-19-17(4,5)12-15(13-18(19,6)7)21-16(20)14(3)9-2/h14-15H,8-13H2,1-7H3. The van der Waals surface area contributed by atoms with E-state index in [-0.39, 0.29) is 29.1 Å². The van der Waals surface area contributed by atoms with E-state index < -0.39 is 0 Å². The van der Waals surface area contributed by atoms with Gasteiger partial charge in [0, 0.05) is 23.9 Å². The van der Waals surface area contributed by atoms with Crippen molar-refractivity contribution in [2.24, 2.45) is 5.92 Å². The Balaban J connectivity index is 2.77. The number of unbranched alkanes of at least 4 members (excludes halogenated alkanes) is 1. The Morgan fingerprint density at radius 2 is 1.71 bits per heavy atom. The van der Waals surface area contributed by atoms with Crippen LogP contribution in [0.15, 0.2) is 0 Å². The van der Waals surface area contributed by atoms with Crippen molar-refractivity contribution < 1.29 is 9.53 Å². The Kier molecular flexibility index (Phi) is 6.27. The maximum absolute atomic E-state index is 12.1. The van der Waals surface area contributed by atoms with Gasteiger partial charge in [0.1, 0.15) is 6.10 Å². The summed E-state index contributed by atoms with van der Waals surface area (Å²) in [4.78, 5) is 14.7. The highest BCUT2D eigenvalue weighted by atomic mass is 16.5. The highest BCUT2D eigenvalue weighted by Gasteiger charge is 2.46. The van der Waals surface area contributed by atoms with Gasteiger partial charge in [0.15, 0.2) is 0 Å². The van der Waals surface area contributed by atoms with Gasteiger partial charge in [-0.15, -0.1) is 0 Å². The van der Waals surface area contributed by atoms with E-state index in [1.807, 2.05) is 13.8 Å². The highest BCUT2D eigenvalue weighted by molar-refractivity contribution is 5.72. The third kappa shape index (κ3) is 4.70. The van der Waals surface area contributed by atoms with Gasteiger partial charge in [0.05, 0.1) is 5.92 Å². The molecule has 1 aliphatic heterocycles. The van der Waals surface area contributed by atoms with Crippen molar-refractivity contribution in [1.82, 2.24) is 4.90 Å². The van der Waals surface area contributed by atoms with Gasteiger partial charge >= 0.3 is 5.97 Å². The average Bonchev–Trinajstić information content (AvgIpc) is 2.35. The molecule has 1 fully saturated rings. The van der Waals surface area contributed by atoms with Crippen LogP contribution in [0.1, 0.15) is 80.6 Å². The summed E-state index contributed by atoms with van der Waals surface area (Å²) in [6.07, 6.45) is 5.21. The van der Waals surface area contributed by atoms with Crippen LogP contribution in [0.3, 0.4) is 0 Å². The van der Waals surface area contributed by atoms with Gasteiger partial charge in [0.25, 0.3) is 0 Å². The Bertz CT molecular complexity index is 331. The Hall–Kier alpha value is -0.570. The molecule has 0 aromatic rings. The predicted octanol–water partition coefficient (Wildman–Crippen LogP) is 4.40. The SMILES string of the molecule is CCCCN1C(C)(C)CC(OC(=O)C(C)CC)CC1(C)C. The second-order valence-electron chi connectivity index (χ2n) is 7.91. The van der Waals surface area contributed by atoms with Crippen molar-refractivity contribution in [3.05, 3.63) is 0 Å². The van der Waals surface area contributed by atoms with Gasteiger partial charge < -0.3 is 4.74 Å². The molecule has 3 nitrogen and oxygen atoms in total. The molecule has 0 radical (unpaired) electrons. The fourth-order valence-electron chi connectivity index (χ4n) is 3.68. The van der Waals surface area contributed by atoms with Crippen LogP contribution in [0, 0.1) is 5.92 Å². The smallest absolute Gasteiger partial charge is 0.308 e. The first-order valence-electron chi connectivity index (χ1n) is 8.62. The maximum Gasteiger partial charge on any atom is 0.308 e. The number of likely N-dealkylation sites (tertiary alicyclic amines) is 1. The summed E-state index contributed by atoms with van der Waals surface area (Å²) in [6.45, 7) is 16.5. The van der Waals surface area contributed by atoms with Crippen LogP contribution in [0.25, 0.3) is 0 Å². The lowest BCUT2D eigenvalue weighted by Gasteiger charge is -2.55. The molecule has 1 unspecified atom stereocenters. The second kappa shape index (κ2) is 7.13. The van der Waals surface area contributed by atoms with E-state index in [4.69, 9.17) is 4.74 Å². The maximum atomic E-state index is 12.1. The molecule has 0 aromatic heterocycles. The first-order valence-corrected chi connectivity index (χ1v) is 8.62. The lowest BCUT2D eigenvalue weighted by molar-refractivity contribution is -0.164. The van der Waals surface area contributed by atoms with Crippen molar-refractivity contribution in [2.75, 3.05) is 6.54 Å². The molecule has 1 atom stereocenters. The molecule has 0 N–H and O–H groups in total. The second-order valence-corrected chi connectivity index (χ2v) is 7.91. The lowest BCUT2D eigenvalue weighted by Crippen LogP contribution is -2.62. The minimum absolute atomic E-state index is 0.00865. The lowest BCUT2D eigenvalue weighted by atomic mass is 9.78. The molecule has 0 aliphatic carbocycles. The van der Waals surface area contributed by atoms with Crippen molar-refractivity contribution in [3.8, 4) is 0 Å². The summed E-state index contributed by atoms with van der Waals surface area (Å²) in [6, 6.07) is 0.